The van der Waals surface area contributed by atoms with Crippen molar-refractivity contribution in [3.63, 3.8) is 0 Å². The van der Waals surface area contributed by atoms with Gasteiger partial charge in [-0.3, -0.25) is 0 Å². The zero-order valence-corrected chi connectivity index (χ0v) is 11.8. The lowest BCUT2D eigenvalue weighted by molar-refractivity contribution is 0.328. The van der Waals surface area contributed by atoms with E-state index >= 15 is 0 Å². The smallest absolute Gasteiger partial charge is 0.0991 e. The highest BCUT2D eigenvalue weighted by Crippen LogP contribution is 2.37. The second-order valence-corrected chi connectivity index (χ2v) is 5.57. The quantitative estimate of drug-likeness (QED) is 0.677. The first-order valence-electron chi connectivity index (χ1n) is 7.48. The van der Waals surface area contributed by atoms with Gasteiger partial charge in [-0.15, -0.1) is 0 Å². The van der Waals surface area contributed by atoms with Crippen LogP contribution in [0.1, 0.15) is 62.5 Å². The zero-order chi connectivity index (χ0) is 13.5. The standard InChI is InChI=1S/C18H23N/c1-2-3-4-5-15-6-10-17(11-7-15)18-12-8-16(14-19)9-13-18/h3-4,8-9,12-13,15,17H,2,5-7,10-11H2,1H3. The maximum atomic E-state index is 8.82. The molecule has 2 rings (SSSR count). The summed E-state index contributed by atoms with van der Waals surface area (Å²) in [5, 5.41) is 8.82. The van der Waals surface area contributed by atoms with Crippen molar-refractivity contribution >= 4 is 0 Å². The number of rotatable bonds is 4. The zero-order valence-electron chi connectivity index (χ0n) is 11.8. The lowest BCUT2D eigenvalue weighted by atomic mass is 9.77. The van der Waals surface area contributed by atoms with E-state index in [4.69, 9.17) is 5.26 Å². The third-order valence-electron chi connectivity index (χ3n) is 4.23. The Kier molecular flexibility index (Phi) is 5.21. The molecule has 0 aromatic heterocycles. The number of nitrogens with zero attached hydrogens (tertiary/aromatic N) is 1. The summed E-state index contributed by atoms with van der Waals surface area (Å²) in [6.45, 7) is 2.19. The van der Waals surface area contributed by atoms with Crippen molar-refractivity contribution in [2.75, 3.05) is 0 Å². The van der Waals surface area contributed by atoms with Crippen LogP contribution < -0.4 is 0 Å². The van der Waals surface area contributed by atoms with Gasteiger partial charge < -0.3 is 0 Å². The average Bonchev–Trinajstić information content (AvgIpc) is 2.48. The molecule has 1 fully saturated rings. The van der Waals surface area contributed by atoms with Crippen molar-refractivity contribution in [2.24, 2.45) is 5.92 Å². The fourth-order valence-corrected chi connectivity index (χ4v) is 3.02. The molecule has 0 aliphatic heterocycles. The van der Waals surface area contributed by atoms with Crippen LogP contribution in [0.4, 0.5) is 0 Å². The molecule has 0 unspecified atom stereocenters. The number of hydrogen-bond acceptors (Lipinski definition) is 1. The molecular formula is C18H23N. The topological polar surface area (TPSA) is 23.8 Å². The lowest BCUT2D eigenvalue weighted by Crippen LogP contribution is -2.12. The van der Waals surface area contributed by atoms with E-state index in [1.54, 1.807) is 0 Å². The molecule has 100 valence electrons. The molecule has 1 saturated carbocycles. The van der Waals surface area contributed by atoms with Crippen LogP contribution in [-0.2, 0) is 0 Å². The van der Waals surface area contributed by atoms with E-state index in [9.17, 15) is 0 Å². The molecule has 19 heavy (non-hydrogen) atoms. The van der Waals surface area contributed by atoms with Crippen molar-refractivity contribution in [1.82, 2.24) is 0 Å². The van der Waals surface area contributed by atoms with Crippen molar-refractivity contribution in [3.8, 4) is 6.07 Å². The first kappa shape index (κ1) is 13.9. The molecule has 0 radical (unpaired) electrons. The summed E-state index contributed by atoms with van der Waals surface area (Å²) in [7, 11) is 0. The molecule has 1 aromatic carbocycles. The minimum absolute atomic E-state index is 0.708. The SMILES string of the molecule is CCC=CCC1CCC(c2ccc(C#N)cc2)CC1. The van der Waals surface area contributed by atoms with E-state index in [0.29, 0.717) is 5.92 Å². The van der Waals surface area contributed by atoms with Gasteiger partial charge in [0.2, 0.25) is 0 Å². The number of hydrogen-bond donors (Lipinski definition) is 0. The van der Waals surface area contributed by atoms with Crippen LogP contribution in [0.15, 0.2) is 36.4 Å². The Hall–Kier alpha value is -1.55. The van der Waals surface area contributed by atoms with Crippen molar-refractivity contribution < 1.29 is 0 Å². The first-order valence-corrected chi connectivity index (χ1v) is 7.48. The predicted octanol–water partition coefficient (Wildman–Crippen LogP) is 5.19. The summed E-state index contributed by atoms with van der Waals surface area (Å²) < 4.78 is 0. The van der Waals surface area contributed by atoms with Gasteiger partial charge in [-0.25, -0.2) is 0 Å². The van der Waals surface area contributed by atoms with Crippen LogP contribution in [0.5, 0.6) is 0 Å². The van der Waals surface area contributed by atoms with E-state index in [0.717, 1.165) is 17.9 Å². The fourth-order valence-electron chi connectivity index (χ4n) is 3.02. The second-order valence-electron chi connectivity index (χ2n) is 5.57. The molecule has 0 heterocycles. The van der Waals surface area contributed by atoms with Gasteiger partial charge in [-0.2, -0.15) is 5.26 Å². The molecule has 0 bridgehead atoms. The minimum atomic E-state index is 0.708. The Morgan fingerprint density at radius 3 is 2.37 bits per heavy atom. The Morgan fingerprint density at radius 1 is 1.11 bits per heavy atom. The second kappa shape index (κ2) is 7.14. The lowest BCUT2D eigenvalue weighted by Gasteiger charge is -2.28. The maximum Gasteiger partial charge on any atom is 0.0991 e. The summed E-state index contributed by atoms with van der Waals surface area (Å²) >= 11 is 0. The highest BCUT2D eigenvalue weighted by Gasteiger charge is 2.21. The highest BCUT2D eigenvalue weighted by atomic mass is 14.3. The maximum absolute atomic E-state index is 8.82. The largest absolute Gasteiger partial charge is 0.192 e. The third kappa shape index (κ3) is 3.96. The Morgan fingerprint density at radius 2 is 1.79 bits per heavy atom. The summed E-state index contributed by atoms with van der Waals surface area (Å²) in [4.78, 5) is 0. The molecule has 1 heteroatoms. The molecular weight excluding hydrogens is 230 g/mol. The first-order chi connectivity index (χ1) is 9.33. The van der Waals surface area contributed by atoms with Crippen LogP contribution in [0.25, 0.3) is 0 Å². The summed E-state index contributed by atoms with van der Waals surface area (Å²) in [6.07, 6.45) is 12.3. The van der Waals surface area contributed by atoms with Gasteiger partial charge in [0.05, 0.1) is 11.6 Å². The number of benzene rings is 1. The Labute approximate surface area is 117 Å². The average molecular weight is 253 g/mol. The van der Waals surface area contributed by atoms with Crippen LogP contribution in [-0.4, -0.2) is 0 Å². The van der Waals surface area contributed by atoms with Gasteiger partial charge in [0.1, 0.15) is 0 Å². The van der Waals surface area contributed by atoms with Crippen molar-refractivity contribution in [1.29, 1.82) is 5.26 Å². The molecule has 0 spiro atoms. The fraction of sp³-hybridized carbons (Fsp3) is 0.500. The summed E-state index contributed by atoms with van der Waals surface area (Å²) in [6, 6.07) is 10.4. The molecule has 0 N–H and O–H groups in total. The molecule has 1 aliphatic carbocycles. The predicted molar refractivity (Wildman–Crippen MR) is 79.9 cm³/mol. The van der Waals surface area contributed by atoms with E-state index < -0.39 is 0 Å². The van der Waals surface area contributed by atoms with Gasteiger partial charge >= 0.3 is 0 Å². The van der Waals surface area contributed by atoms with Gasteiger partial charge in [-0.05, 0) is 68.1 Å². The van der Waals surface area contributed by atoms with Crippen LogP contribution in [0.3, 0.4) is 0 Å². The molecule has 0 atom stereocenters. The normalized spacial score (nSPS) is 23.4. The van der Waals surface area contributed by atoms with E-state index in [1.807, 2.05) is 12.1 Å². The van der Waals surface area contributed by atoms with Gasteiger partial charge in [0, 0.05) is 0 Å². The van der Waals surface area contributed by atoms with E-state index in [2.05, 4.69) is 37.3 Å². The van der Waals surface area contributed by atoms with Crippen molar-refractivity contribution in [3.05, 3.63) is 47.5 Å². The minimum Gasteiger partial charge on any atom is -0.192 e. The molecule has 1 aromatic rings. The number of nitriles is 1. The van der Waals surface area contributed by atoms with Gasteiger partial charge in [0.15, 0.2) is 0 Å². The van der Waals surface area contributed by atoms with Gasteiger partial charge in [-0.1, -0.05) is 31.2 Å². The number of allylic oxidation sites excluding steroid dienone is 2. The summed E-state index contributed by atoms with van der Waals surface area (Å²) in [5.74, 6) is 1.59. The van der Waals surface area contributed by atoms with Gasteiger partial charge in [0.25, 0.3) is 0 Å². The molecule has 1 aliphatic rings. The molecule has 0 amide bonds. The highest BCUT2D eigenvalue weighted by molar-refractivity contribution is 5.33. The summed E-state index contributed by atoms with van der Waals surface area (Å²) in [5.41, 5.74) is 2.18. The van der Waals surface area contributed by atoms with Crippen LogP contribution in [0.2, 0.25) is 0 Å². The van der Waals surface area contributed by atoms with E-state index in [-0.39, 0.29) is 0 Å². The Bertz CT molecular complexity index is 442. The third-order valence-corrected chi connectivity index (χ3v) is 4.23. The van der Waals surface area contributed by atoms with E-state index in [1.165, 1.54) is 37.7 Å². The van der Waals surface area contributed by atoms with Crippen molar-refractivity contribution in [2.45, 2.75) is 51.4 Å². The Balaban J connectivity index is 1.85. The van der Waals surface area contributed by atoms with Crippen LogP contribution >= 0.6 is 0 Å². The molecule has 1 nitrogen and oxygen atoms in total. The monoisotopic (exact) mass is 253 g/mol. The van der Waals surface area contributed by atoms with Crippen LogP contribution in [0, 0.1) is 17.2 Å². The molecule has 0 saturated heterocycles.